The second-order valence-corrected chi connectivity index (χ2v) is 6.62. The fourth-order valence-corrected chi connectivity index (χ4v) is 3.71. The van der Waals surface area contributed by atoms with Crippen LogP contribution in [0.25, 0.3) is 0 Å². The van der Waals surface area contributed by atoms with Crippen LogP contribution in [0.2, 0.25) is 5.02 Å². The molecule has 0 bridgehead atoms. The van der Waals surface area contributed by atoms with Gasteiger partial charge in [-0.3, -0.25) is 14.9 Å². The molecule has 3 rings (SSSR count). The van der Waals surface area contributed by atoms with Crippen molar-refractivity contribution >= 4 is 40.7 Å². The number of carbonyl (C=O) groups excluding carboxylic acids is 1. The lowest BCUT2D eigenvalue weighted by molar-refractivity contribution is -0.384. The summed E-state index contributed by atoms with van der Waals surface area (Å²) in [5.41, 5.74) is 3.95. The number of non-ortho nitro benzene ring substituents is 1. The molecule has 0 unspecified atom stereocenters. The van der Waals surface area contributed by atoms with Gasteiger partial charge in [-0.15, -0.1) is 11.3 Å². The molecule has 1 aromatic carbocycles. The van der Waals surface area contributed by atoms with Crippen LogP contribution >= 0.6 is 22.9 Å². The van der Waals surface area contributed by atoms with Crippen molar-refractivity contribution in [2.24, 2.45) is 5.10 Å². The van der Waals surface area contributed by atoms with Crippen LogP contribution in [0.5, 0.6) is 0 Å². The first-order valence-corrected chi connectivity index (χ1v) is 8.13. The van der Waals surface area contributed by atoms with Crippen molar-refractivity contribution in [3.05, 3.63) is 60.3 Å². The van der Waals surface area contributed by atoms with Gasteiger partial charge in [0.15, 0.2) is 0 Å². The molecule has 1 aliphatic rings. The predicted octanol–water partition coefficient (Wildman–Crippen LogP) is 3.56. The average Bonchev–Trinajstić information content (AvgIpc) is 3.10. The van der Waals surface area contributed by atoms with Crippen molar-refractivity contribution in [1.29, 1.82) is 0 Å². The Labute approximate surface area is 140 Å². The molecule has 23 heavy (non-hydrogen) atoms. The fourth-order valence-electron chi connectivity index (χ4n) is 2.40. The van der Waals surface area contributed by atoms with Crippen LogP contribution in [0.3, 0.4) is 0 Å². The van der Waals surface area contributed by atoms with Gasteiger partial charge in [-0.05, 0) is 37.0 Å². The van der Waals surface area contributed by atoms with Gasteiger partial charge in [-0.25, -0.2) is 5.43 Å². The zero-order chi connectivity index (χ0) is 16.4. The van der Waals surface area contributed by atoms with E-state index in [1.54, 1.807) is 0 Å². The van der Waals surface area contributed by atoms with Crippen molar-refractivity contribution in [2.75, 3.05) is 0 Å². The quantitative estimate of drug-likeness (QED) is 0.520. The average molecular weight is 350 g/mol. The van der Waals surface area contributed by atoms with Gasteiger partial charge in [0.25, 0.3) is 11.6 Å². The SMILES string of the molecule is O=C(N/N=C\c1cc([N+](=O)[O-])ccc1Cl)c1cc2c(s1)CCC2. The minimum atomic E-state index is -0.514. The van der Waals surface area contributed by atoms with E-state index in [1.165, 1.54) is 46.2 Å². The molecule has 1 aromatic heterocycles. The summed E-state index contributed by atoms with van der Waals surface area (Å²) in [5, 5.41) is 14.9. The number of fused-ring (bicyclic) bond motifs is 1. The maximum Gasteiger partial charge on any atom is 0.281 e. The first-order chi connectivity index (χ1) is 11.0. The molecule has 6 nitrogen and oxygen atoms in total. The number of amides is 1. The first kappa shape index (κ1) is 15.6. The molecule has 1 N–H and O–H groups in total. The summed E-state index contributed by atoms with van der Waals surface area (Å²) in [6.45, 7) is 0. The van der Waals surface area contributed by atoms with Gasteiger partial charge in [0.2, 0.25) is 0 Å². The smallest absolute Gasteiger partial charge is 0.266 e. The van der Waals surface area contributed by atoms with Gasteiger partial charge in [0.05, 0.1) is 16.0 Å². The minimum absolute atomic E-state index is 0.0862. The molecule has 0 saturated carbocycles. The van der Waals surface area contributed by atoms with Crippen LogP contribution in [0.15, 0.2) is 29.4 Å². The van der Waals surface area contributed by atoms with E-state index >= 15 is 0 Å². The zero-order valence-electron chi connectivity index (χ0n) is 11.9. The predicted molar refractivity (Wildman–Crippen MR) is 89.5 cm³/mol. The van der Waals surface area contributed by atoms with Gasteiger partial charge in [0.1, 0.15) is 0 Å². The summed E-state index contributed by atoms with van der Waals surface area (Å²) in [7, 11) is 0. The third kappa shape index (κ3) is 3.40. The number of nitrogens with one attached hydrogen (secondary N) is 1. The third-order valence-corrected chi connectivity index (χ3v) is 5.11. The van der Waals surface area contributed by atoms with Gasteiger partial charge >= 0.3 is 0 Å². The zero-order valence-corrected chi connectivity index (χ0v) is 13.5. The van der Waals surface area contributed by atoms with Crippen LogP contribution < -0.4 is 5.43 Å². The normalized spacial score (nSPS) is 13.3. The van der Waals surface area contributed by atoms with E-state index in [1.807, 2.05) is 6.07 Å². The number of hydrazone groups is 1. The highest BCUT2D eigenvalue weighted by atomic mass is 35.5. The molecule has 0 radical (unpaired) electrons. The molecular formula is C15H12ClN3O3S. The summed E-state index contributed by atoms with van der Waals surface area (Å²) in [4.78, 5) is 24.2. The van der Waals surface area contributed by atoms with Crippen LogP contribution in [-0.4, -0.2) is 17.0 Å². The molecule has 2 aromatic rings. The van der Waals surface area contributed by atoms with Crippen LogP contribution in [0.1, 0.15) is 32.1 Å². The van der Waals surface area contributed by atoms with Crippen LogP contribution in [-0.2, 0) is 12.8 Å². The van der Waals surface area contributed by atoms with Crippen molar-refractivity contribution in [3.8, 4) is 0 Å². The van der Waals surface area contributed by atoms with Crippen molar-refractivity contribution in [2.45, 2.75) is 19.3 Å². The fraction of sp³-hybridized carbons (Fsp3) is 0.200. The van der Waals surface area contributed by atoms with E-state index < -0.39 is 4.92 Å². The summed E-state index contributed by atoms with van der Waals surface area (Å²) in [6, 6.07) is 5.94. The number of carbonyl (C=O) groups is 1. The van der Waals surface area contributed by atoms with Crippen molar-refractivity contribution in [3.63, 3.8) is 0 Å². The molecule has 0 spiro atoms. The number of hydrogen-bond acceptors (Lipinski definition) is 5. The number of nitro benzene ring substituents is 1. The highest BCUT2D eigenvalue weighted by Gasteiger charge is 2.18. The highest BCUT2D eigenvalue weighted by Crippen LogP contribution is 2.30. The lowest BCUT2D eigenvalue weighted by Gasteiger charge is -1.99. The summed E-state index contributed by atoms with van der Waals surface area (Å²) in [5.74, 6) is -0.290. The molecular weight excluding hydrogens is 338 g/mol. The molecule has 8 heteroatoms. The molecule has 118 valence electrons. The van der Waals surface area contributed by atoms with E-state index in [0.29, 0.717) is 15.5 Å². The van der Waals surface area contributed by atoms with Crippen LogP contribution in [0, 0.1) is 10.1 Å². The molecule has 0 saturated heterocycles. The Morgan fingerprint density at radius 1 is 1.39 bits per heavy atom. The minimum Gasteiger partial charge on any atom is -0.266 e. The number of hydrogen-bond donors (Lipinski definition) is 1. The number of halogens is 1. The Morgan fingerprint density at radius 2 is 2.22 bits per heavy atom. The highest BCUT2D eigenvalue weighted by molar-refractivity contribution is 7.14. The summed E-state index contributed by atoms with van der Waals surface area (Å²) < 4.78 is 0. The molecule has 1 heterocycles. The molecule has 0 fully saturated rings. The second kappa shape index (κ2) is 6.47. The van der Waals surface area contributed by atoms with Crippen LogP contribution in [0.4, 0.5) is 5.69 Å². The maximum atomic E-state index is 12.0. The number of benzene rings is 1. The molecule has 0 atom stereocenters. The van der Waals surface area contributed by atoms with Crippen molar-refractivity contribution < 1.29 is 9.72 Å². The number of thiophene rings is 1. The Balaban J connectivity index is 1.69. The van der Waals surface area contributed by atoms with Gasteiger partial charge in [-0.2, -0.15) is 5.10 Å². The van der Waals surface area contributed by atoms with Gasteiger partial charge < -0.3 is 0 Å². The number of rotatable bonds is 4. The van der Waals surface area contributed by atoms with E-state index in [9.17, 15) is 14.9 Å². The Kier molecular flexibility index (Phi) is 4.40. The van der Waals surface area contributed by atoms with E-state index in [4.69, 9.17) is 11.6 Å². The second-order valence-electron chi connectivity index (χ2n) is 5.07. The summed E-state index contributed by atoms with van der Waals surface area (Å²) in [6.07, 6.45) is 4.49. The maximum absolute atomic E-state index is 12.0. The van der Waals surface area contributed by atoms with E-state index in [2.05, 4.69) is 10.5 Å². The molecule has 1 aliphatic carbocycles. The van der Waals surface area contributed by atoms with E-state index in [-0.39, 0.29) is 11.6 Å². The van der Waals surface area contributed by atoms with E-state index in [0.717, 1.165) is 19.3 Å². The lowest BCUT2D eigenvalue weighted by Crippen LogP contribution is -2.16. The number of nitrogens with zero attached hydrogens (tertiary/aromatic N) is 2. The Bertz CT molecular complexity index is 795. The number of aryl methyl sites for hydroxylation is 2. The van der Waals surface area contributed by atoms with Crippen molar-refractivity contribution in [1.82, 2.24) is 5.43 Å². The third-order valence-electron chi connectivity index (χ3n) is 3.53. The topological polar surface area (TPSA) is 84.6 Å². The number of nitro groups is 1. The van der Waals surface area contributed by atoms with Gasteiger partial charge in [0, 0.05) is 27.6 Å². The molecule has 0 aliphatic heterocycles. The standard InChI is InChI=1S/C15H12ClN3O3S/c16-12-5-4-11(19(21)22)6-10(12)8-17-18-15(20)14-7-9-2-1-3-13(9)23-14/h4-8H,1-3H2,(H,18,20)/b17-8-. The Morgan fingerprint density at radius 3 is 2.96 bits per heavy atom. The summed E-state index contributed by atoms with van der Waals surface area (Å²) >= 11 is 7.44. The van der Waals surface area contributed by atoms with Gasteiger partial charge in [-0.1, -0.05) is 11.6 Å². The largest absolute Gasteiger partial charge is 0.281 e. The first-order valence-electron chi connectivity index (χ1n) is 6.93. The Hall–Kier alpha value is -2.25. The lowest BCUT2D eigenvalue weighted by atomic mass is 10.2. The molecule has 1 amide bonds. The monoisotopic (exact) mass is 349 g/mol.